The molecule has 0 aromatic heterocycles. The largest absolute Gasteiger partial charge is 0.489 e. The first-order valence-corrected chi connectivity index (χ1v) is 5.50. The standard InChI is InChI=1S/C8H9NO4S/c9-14(10,11)13-7-3-1-2-6-4-5-12-8(6)7/h1-3H,4-5H2,(H2,9,10,11). The Morgan fingerprint density at radius 2 is 2.21 bits per heavy atom. The second-order valence-electron chi connectivity index (χ2n) is 2.92. The van der Waals surface area contributed by atoms with Crippen LogP contribution in [-0.4, -0.2) is 15.0 Å². The zero-order valence-electron chi connectivity index (χ0n) is 7.26. The Labute approximate surface area is 81.7 Å². The topological polar surface area (TPSA) is 78.6 Å². The van der Waals surface area contributed by atoms with Gasteiger partial charge in [-0.25, -0.2) is 0 Å². The fourth-order valence-electron chi connectivity index (χ4n) is 1.38. The van der Waals surface area contributed by atoms with Gasteiger partial charge in [0.1, 0.15) is 0 Å². The summed E-state index contributed by atoms with van der Waals surface area (Å²) < 4.78 is 31.2. The quantitative estimate of drug-likeness (QED) is 0.764. The van der Waals surface area contributed by atoms with Gasteiger partial charge in [-0.15, -0.1) is 0 Å². The SMILES string of the molecule is NS(=O)(=O)Oc1cccc2c1OCC2. The van der Waals surface area contributed by atoms with Crippen LogP contribution in [0.25, 0.3) is 0 Å². The van der Waals surface area contributed by atoms with E-state index in [1.54, 1.807) is 6.07 Å². The van der Waals surface area contributed by atoms with Crippen molar-refractivity contribution in [3.05, 3.63) is 23.8 Å². The molecule has 0 saturated carbocycles. The summed E-state index contributed by atoms with van der Waals surface area (Å²) in [6.45, 7) is 0.542. The first-order chi connectivity index (χ1) is 6.56. The van der Waals surface area contributed by atoms with E-state index in [1.165, 1.54) is 6.07 Å². The number of hydrogen-bond acceptors (Lipinski definition) is 4. The van der Waals surface area contributed by atoms with E-state index in [1.807, 2.05) is 6.07 Å². The Bertz CT molecular complexity index is 454. The van der Waals surface area contributed by atoms with Crippen LogP contribution in [0, 0.1) is 0 Å². The minimum atomic E-state index is -3.98. The normalized spacial score (nSPS) is 14.6. The molecule has 1 heterocycles. The fraction of sp³-hybridized carbons (Fsp3) is 0.250. The molecule has 0 radical (unpaired) electrons. The van der Waals surface area contributed by atoms with Gasteiger partial charge < -0.3 is 8.92 Å². The van der Waals surface area contributed by atoms with Gasteiger partial charge in [0.25, 0.3) is 0 Å². The lowest BCUT2D eigenvalue weighted by atomic mass is 10.2. The van der Waals surface area contributed by atoms with Crippen molar-refractivity contribution in [2.75, 3.05) is 6.61 Å². The lowest BCUT2D eigenvalue weighted by Gasteiger charge is -2.06. The van der Waals surface area contributed by atoms with Crippen LogP contribution in [0.15, 0.2) is 18.2 Å². The second-order valence-corrected chi connectivity index (χ2v) is 4.07. The van der Waals surface area contributed by atoms with E-state index in [0.717, 1.165) is 12.0 Å². The average Bonchev–Trinajstić information content (AvgIpc) is 2.49. The van der Waals surface area contributed by atoms with E-state index in [4.69, 9.17) is 9.88 Å². The number of nitrogens with two attached hydrogens (primary N) is 1. The molecule has 6 heteroatoms. The van der Waals surface area contributed by atoms with Crippen molar-refractivity contribution >= 4 is 10.3 Å². The monoisotopic (exact) mass is 215 g/mol. The van der Waals surface area contributed by atoms with Crippen molar-refractivity contribution in [1.82, 2.24) is 0 Å². The molecule has 1 aromatic rings. The number of rotatable bonds is 2. The molecule has 0 spiro atoms. The first kappa shape index (κ1) is 9.29. The molecule has 1 aliphatic rings. The van der Waals surface area contributed by atoms with E-state index in [2.05, 4.69) is 4.18 Å². The van der Waals surface area contributed by atoms with Gasteiger partial charge in [0, 0.05) is 12.0 Å². The first-order valence-electron chi connectivity index (χ1n) is 4.03. The summed E-state index contributed by atoms with van der Waals surface area (Å²) in [6.07, 6.45) is 0.761. The van der Waals surface area contributed by atoms with E-state index in [9.17, 15) is 8.42 Å². The maximum absolute atomic E-state index is 10.7. The van der Waals surface area contributed by atoms with Crippen LogP contribution < -0.4 is 14.1 Å². The maximum Gasteiger partial charge on any atom is 0.380 e. The molecule has 76 valence electrons. The summed E-state index contributed by atoms with van der Waals surface area (Å²) in [5.41, 5.74) is 0.936. The molecule has 0 aliphatic carbocycles. The molecule has 0 saturated heterocycles. The number of benzene rings is 1. The molecule has 0 atom stereocenters. The molecular weight excluding hydrogens is 206 g/mol. The van der Waals surface area contributed by atoms with Crippen LogP contribution in [0.1, 0.15) is 5.56 Å². The van der Waals surface area contributed by atoms with Crippen molar-refractivity contribution in [2.45, 2.75) is 6.42 Å². The predicted octanol–water partition coefficient (Wildman–Crippen LogP) is 0.204. The summed E-state index contributed by atoms with van der Waals surface area (Å²) in [5, 5.41) is 4.76. The third-order valence-corrected chi connectivity index (χ3v) is 2.30. The van der Waals surface area contributed by atoms with Crippen LogP contribution in [0.3, 0.4) is 0 Å². The molecule has 1 aliphatic heterocycles. The number of ether oxygens (including phenoxy) is 1. The third-order valence-electron chi connectivity index (χ3n) is 1.88. The summed E-state index contributed by atoms with van der Waals surface area (Å²) in [7, 11) is -3.98. The molecule has 5 nitrogen and oxygen atoms in total. The fourth-order valence-corrected chi connectivity index (χ4v) is 1.76. The highest BCUT2D eigenvalue weighted by atomic mass is 32.2. The Hall–Kier alpha value is -1.27. The van der Waals surface area contributed by atoms with Gasteiger partial charge >= 0.3 is 10.3 Å². The highest BCUT2D eigenvalue weighted by Crippen LogP contribution is 2.35. The van der Waals surface area contributed by atoms with Gasteiger partial charge in [-0.3, -0.25) is 0 Å². The van der Waals surface area contributed by atoms with Crippen LogP contribution >= 0.6 is 0 Å². The molecule has 1 aromatic carbocycles. The third kappa shape index (κ3) is 1.80. The molecule has 0 bridgehead atoms. The maximum atomic E-state index is 10.7. The van der Waals surface area contributed by atoms with Gasteiger partial charge in [0.2, 0.25) is 0 Å². The molecule has 0 unspecified atom stereocenters. The van der Waals surface area contributed by atoms with Gasteiger partial charge in [0.05, 0.1) is 6.61 Å². The average molecular weight is 215 g/mol. The van der Waals surface area contributed by atoms with Crippen LogP contribution in [-0.2, 0) is 16.7 Å². The van der Waals surface area contributed by atoms with E-state index in [0.29, 0.717) is 12.4 Å². The Morgan fingerprint density at radius 1 is 1.43 bits per heavy atom. The van der Waals surface area contributed by atoms with Gasteiger partial charge in [-0.05, 0) is 6.07 Å². The van der Waals surface area contributed by atoms with Gasteiger partial charge in [-0.2, -0.15) is 13.6 Å². The lowest BCUT2D eigenvalue weighted by Crippen LogP contribution is -2.19. The van der Waals surface area contributed by atoms with Crippen molar-refractivity contribution in [2.24, 2.45) is 5.14 Å². The van der Waals surface area contributed by atoms with Gasteiger partial charge in [-0.1, -0.05) is 12.1 Å². The zero-order valence-corrected chi connectivity index (χ0v) is 8.08. The van der Waals surface area contributed by atoms with Crippen molar-refractivity contribution < 1.29 is 17.3 Å². The molecule has 0 amide bonds. The highest BCUT2D eigenvalue weighted by Gasteiger charge is 2.19. The van der Waals surface area contributed by atoms with Crippen LogP contribution in [0.5, 0.6) is 11.5 Å². The van der Waals surface area contributed by atoms with Crippen LogP contribution in [0.2, 0.25) is 0 Å². The van der Waals surface area contributed by atoms with E-state index in [-0.39, 0.29) is 5.75 Å². The van der Waals surface area contributed by atoms with Crippen molar-refractivity contribution in [3.8, 4) is 11.5 Å². The predicted molar refractivity (Wildman–Crippen MR) is 49.4 cm³/mol. The highest BCUT2D eigenvalue weighted by molar-refractivity contribution is 7.84. The zero-order chi connectivity index (χ0) is 10.2. The van der Waals surface area contributed by atoms with Crippen LogP contribution in [0.4, 0.5) is 0 Å². The van der Waals surface area contributed by atoms with E-state index >= 15 is 0 Å². The Balaban J connectivity index is 2.40. The molecular formula is C8H9NO4S. The smallest absolute Gasteiger partial charge is 0.380 e. The summed E-state index contributed by atoms with van der Waals surface area (Å²) >= 11 is 0. The minimum Gasteiger partial charge on any atom is -0.489 e. The van der Waals surface area contributed by atoms with Gasteiger partial charge in [0.15, 0.2) is 11.5 Å². The summed E-state index contributed by atoms with van der Waals surface area (Å²) in [4.78, 5) is 0. The number of para-hydroxylation sites is 1. The molecule has 14 heavy (non-hydrogen) atoms. The molecule has 2 rings (SSSR count). The Kier molecular flexibility index (Phi) is 2.09. The summed E-state index contributed by atoms with van der Waals surface area (Å²) in [6, 6.07) is 5.07. The van der Waals surface area contributed by atoms with Crippen molar-refractivity contribution in [3.63, 3.8) is 0 Å². The van der Waals surface area contributed by atoms with E-state index < -0.39 is 10.3 Å². The van der Waals surface area contributed by atoms with Crippen molar-refractivity contribution in [1.29, 1.82) is 0 Å². The summed E-state index contributed by atoms with van der Waals surface area (Å²) in [5.74, 6) is 0.629. The number of hydrogen-bond donors (Lipinski definition) is 1. The minimum absolute atomic E-state index is 0.155. The Morgan fingerprint density at radius 3 is 2.93 bits per heavy atom. The second kappa shape index (κ2) is 3.14. The number of fused-ring (bicyclic) bond motifs is 1. The molecule has 2 N–H and O–H groups in total. The molecule has 0 fully saturated rings. The lowest BCUT2D eigenvalue weighted by molar-refractivity contribution is 0.344.